The highest BCUT2D eigenvalue weighted by molar-refractivity contribution is 7.79. The second kappa shape index (κ2) is 6.47. The molecule has 0 aliphatic carbocycles. The van der Waals surface area contributed by atoms with Gasteiger partial charge in [0.2, 0.25) is 0 Å². The normalized spacial score (nSPS) is 12.0. The van der Waals surface area contributed by atoms with E-state index in [-0.39, 0.29) is 10.7 Å². The van der Waals surface area contributed by atoms with E-state index in [4.69, 9.17) is 16.2 Å². The van der Waals surface area contributed by atoms with Crippen LogP contribution >= 0.6 is 11.6 Å². The highest BCUT2D eigenvalue weighted by Gasteiger charge is 2.19. The maximum atomic E-state index is 13.6. The fourth-order valence-electron chi connectivity index (χ4n) is 1.61. The van der Waals surface area contributed by atoms with E-state index in [1.165, 1.54) is 6.07 Å². The molecule has 0 aromatic heterocycles. The average Bonchev–Trinajstić information content (AvgIpc) is 2.42. The van der Waals surface area contributed by atoms with Gasteiger partial charge >= 0.3 is 0 Å². The van der Waals surface area contributed by atoms with Gasteiger partial charge in [0.05, 0.1) is 10.6 Å². The van der Waals surface area contributed by atoms with E-state index in [9.17, 15) is 22.2 Å². The van der Waals surface area contributed by atoms with Gasteiger partial charge in [-0.1, -0.05) is 11.6 Å². The standard InChI is InChI=1S/C13H7ClF3NO3S/c14-8-3-6(1-2-9(8)15)18-13(19)7-4-12(22(20)21)11(17)5-10(7)16/h1-5H,(H,18,19)(H,20,21). The van der Waals surface area contributed by atoms with Crippen molar-refractivity contribution in [3.05, 3.63) is 58.4 Å². The van der Waals surface area contributed by atoms with E-state index in [1.54, 1.807) is 0 Å². The first kappa shape index (κ1) is 16.5. The highest BCUT2D eigenvalue weighted by Crippen LogP contribution is 2.22. The van der Waals surface area contributed by atoms with Gasteiger partial charge in [-0.15, -0.1) is 0 Å². The summed E-state index contributed by atoms with van der Waals surface area (Å²) in [5, 5.41) is 1.96. The molecule has 0 fully saturated rings. The number of amides is 1. The number of halogens is 4. The molecule has 2 rings (SSSR count). The molecular weight excluding hydrogens is 343 g/mol. The number of nitrogens with one attached hydrogen (secondary N) is 1. The first-order chi connectivity index (χ1) is 10.3. The fourth-order valence-corrected chi connectivity index (χ4v) is 2.23. The Hall–Kier alpha value is -1.90. The zero-order valence-corrected chi connectivity index (χ0v) is 12.1. The number of hydrogen-bond donors (Lipinski definition) is 2. The van der Waals surface area contributed by atoms with E-state index < -0.39 is 44.9 Å². The molecule has 0 saturated carbocycles. The molecule has 0 saturated heterocycles. The quantitative estimate of drug-likeness (QED) is 0.832. The van der Waals surface area contributed by atoms with E-state index in [2.05, 4.69) is 5.32 Å². The van der Waals surface area contributed by atoms with Crippen LogP contribution < -0.4 is 5.32 Å². The van der Waals surface area contributed by atoms with Gasteiger partial charge in [0.1, 0.15) is 22.3 Å². The lowest BCUT2D eigenvalue weighted by atomic mass is 10.2. The van der Waals surface area contributed by atoms with Crippen LogP contribution in [0.15, 0.2) is 35.2 Å². The Kier molecular flexibility index (Phi) is 4.84. The second-order valence-electron chi connectivity index (χ2n) is 4.09. The number of benzene rings is 2. The van der Waals surface area contributed by atoms with Crippen molar-refractivity contribution in [3.8, 4) is 0 Å². The molecular formula is C13H7ClF3NO3S. The Balaban J connectivity index is 2.35. The number of carbonyl (C=O) groups is 1. The van der Waals surface area contributed by atoms with Crippen LogP contribution in [0.1, 0.15) is 10.4 Å². The Morgan fingerprint density at radius 3 is 2.36 bits per heavy atom. The highest BCUT2D eigenvalue weighted by atomic mass is 35.5. The van der Waals surface area contributed by atoms with Crippen molar-refractivity contribution in [2.45, 2.75) is 4.90 Å². The van der Waals surface area contributed by atoms with Crippen molar-refractivity contribution in [1.82, 2.24) is 0 Å². The molecule has 2 aromatic rings. The smallest absolute Gasteiger partial charge is 0.258 e. The molecule has 116 valence electrons. The molecule has 1 unspecified atom stereocenters. The lowest BCUT2D eigenvalue weighted by Gasteiger charge is -2.08. The third kappa shape index (κ3) is 3.46. The summed E-state index contributed by atoms with van der Waals surface area (Å²) in [7, 11) is 0. The maximum Gasteiger partial charge on any atom is 0.258 e. The largest absolute Gasteiger partial charge is 0.322 e. The number of rotatable bonds is 3. The molecule has 1 atom stereocenters. The molecule has 0 heterocycles. The van der Waals surface area contributed by atoms with E-state index >= 15 is 0 Å². The topological polar surface area (TPSA) is 66.4 Å². The van der Waals surface area contributed by atoms with Crippen LogP contribution in [-0.4, -0.2) is 14.7 Å². The number of carbonyl (C=O) groups excluding carboxylic acids is 1. The minimum atomic E-state index is -2.72. The molecule has 2 N–H and O–H groups in total. The van der Waals surface area contributed by atoms with Crippen molar-refractivity contribution in [2.24, 2.45) is 0 Å². The van der Waals surface area contributed by atoms with Gasteiger partial charge in [0.15, 0.2) is 11.1 Å². The molecule has 1 amide bonds. The van der Waals surface area contributed by atoms with Crippen molar-refractivity contribution in [2.75, 3.05) is 5.32 Å². The SMILES string of the molecule is O=C(Nc1ccc(F)c(Cl)c1)c1cc(S(=O)O)c(F)cc1F. The number of anilines is 1. The van der Waals surface area contributed by atoms with Crippen molar-refractivity contribution in [3.63, 3.8) is 0 Å². The minimum Gasteiger partial charge on any atom is -0.322 e. The zero-order chi connectivity index (χ0) is 16.4. The van der Waals surface area contributed by atoms with E-state index in [0.717, 1.165) is 12.1 Å². The molecule has 22 heavy (non-hydrogen) atoms. The minimum absolute atomic E-state index is 0.0757. The van der Waals surface area contributed by atoms with Gasteiger partial charge in [-0.3, -0.25) is 4.79 Å². The Morgan fingerprint density at radius 2 is 1.77 bits per heavy atom. The predicted octanol–water partition coefficient (Wildman–Crippen LogP) is 3.59. The van der Waals surface area contributed by atoms with Gasteiger partial charge in [-0.05, 0) is 24.3 Å². The Bertz CT molecular complexity index is 785. The summed E-state index contributed by atoms with van der Waals surface area (Å²) in [5.41, 5.74) is -0.564. The summed E-state index contributed by atoms with van der Waals surface area (Å²) >= 11 is 2.82. The van der Waals surface area contributed by atoms with Gasteiger partial charge in [-0.25, -0.2) is 17.4 Å². The van der Waals surface area contributed by atoms with E-state index in [1.807, 2.05) is 0 Å². The third-order valence-corrected chi connectivity index (χ3v) is 3.61. The monoisotopic (exact) mass is 349 g/mol. The Morgan fingerprint density at radius 1 is 1.09 bits per heavy atom. The lowest BCUT2D eigenvalue weighted by molar-refractivity contribution is 0.102. The number of hydrogen-bond acceptors (Lipinski definition) is 2. The molecule has 0 aliphatic heterocycles. The van der Waals surface area contributed by atoms with Gasteiger partial charge in [0.25, 0.3) is 5.91 Å². The summed E-state index contributed by atoms with van der Waals surface area (Å²) in [6, 6.07) is 4.23. The van der Waals surface area contributed by atoms with Crippen LogP contribution in [0.5, 0.6) is 0 Å². The van der Waals surface area contributed by atoms with Gasteiger partial charge in [-0.2, -0.15) is 0 Å². The van der Waals surface area contributed by atoms with E-state index in [0.29, 0.717) is 12.1 Å². The lowest BCUT2D eigenvalue weighted by Crippen LogP contribution is -2.15. The van der Waals surface area contributed by atoms with Crippen LogP contribution in [0.25, 0.3) is 0 Å². The molecule has 0 aliphatic rings. The van der Waals surface area contributed by atoms with Crippen LogP contribution in [-0.2, 0) is 11.1 Å². The third-order valence-electron chi connectivity index (χ3n) is 2.63. The second-order valence-corrected chi connectivity index (χ2v) is 5.44. The molecule has 0 radical (unpaired) electrons. The molecule has 4 nitrogen and oxygen atoms in total. The molecule has 0 spiro atoms. The predicted molar refractivity (Wildman–Crippen MR) is 74.8 cm³/mol. The first-order valence-corrected chi connectivity index (χ1v) is 7.14. The first-order valence-electron chi connectivity index (χ1n) is 5.66. The van der Waals surface area contributed by atoms with Crippen LogP contribution in [0.2, 0.25) is 5.02 Å². The summed E-state index contributed by atoms with van der Waals surface area (Å²) in [4.78, 5) is 11.2. The summed E-state index contributed by atoms with van der Waals surface area (Å²) in [6.45, 7) is 0. The maximum absolute atomic E-state index is 13.6. The van der Waals surface area contributed by atoms with Gasteiger partial charge < -0.3 is 9.87 Å². The molecule has 2 aromatic carbocycles. The Labute approximate surface area is 130 Å². The van der Waals surface area contributed by atoms with Gasteiger partial charge in [0, 0.05) is 11.8 Å². The van der Waals surface area contributed by atoms with Crippen molar-refractivity contribution < 1.29 is 26.7 Å². The summed E-state index contributed by atoms with van der Waals surface area (Å²) in [6.07, 6.45) is 0. The zero-order valence-electron chi connectivity index (χ0n) is 10.6. The van der Waals surface area contributed by atoms with Crippen molar-refractivity contribution in [1.29, 1.82) is 0 Å². The molecule has 9 heteroatoms. The molecule has 0 bridgehead atoms. The summed E-state index contributed by atoms with van der Waals surface area (Å²) < 4.78 is 59.7. The van der Waals surface area contributed by atoms with Crippen LogP contribution in [0.3, 0.4) is 0 Å². The summed E-state index contributed by atoms with van der Waals surface area (Å²) in [5.74, 6) is -4.17. The van der Waals surface area contributed by atoms with Crippen LogP contribution in [0, 0.1) is 17.5 Å². The average molecular weight is 350 g/mol. The van der Waals surface area contributed by atoms with Crippen molar-refractivity contribution >= 4 is 34.3 Å². The fraction of sp³-hybridized carbons (Fsp3) is 0. The van der Waals surface area contributed by atoms with Crippen LogP contribution in [0.4, 0.5) is 18.9 Å².